The maximum Gasteiger partial charge on any atom is 0.247 e. The van der Waals surface area contributed by atoms with Crippen LogP contribution in [0.3, 0.4) is 0 Å². The van der Waals surface area contributed by atoms with Crippen molar-refractivity contribution in [2.75, 3.05) is 19.0 Å². The molecule has 0 saturated heterocycles. The molecule has 2 aromatic carbocycles. The Morgan fingerprint density at radius 1 is 1.04 bits per heavy atom. The van der Waals surface area contributed by atoms with Gasteiger partial charge in [-0.25, -0.2) is 0 Å². The predicted octanol–water partition coefficient (Wildman–Crippen LogP) is 2.55. The molecule has 0 spiro atoms. The van der Waals surface area contributed by atoms with Gasteiger partial charge in [0.25, 0.3) is 0 Å². The van der Waals surface area contributed by atoms with Gasteiger partial charge >= 0.3 is 0 Å². The number of hydrogen-bond acceptors (Lipinski definition) is 6. The SMILES string of the molecule is COc1ccccc1OC(C)CNc1nnnn1-c1ccccc1. The number of nitrogens with one attached hydrogen (secondary N) is 1. The second-order valence-electron chi connectivity index (χ2n) is 5.21. The highest BCUT2D eigenvalue weighted by Crippen LogP contribution is 2.26. The second-order valence-corrected chi connectivity index (χ2v) is 5.21. The molecule has 0 bridgehead atoms. The van der Waals surface area contributed by atoms with E-state index in [0.29, 0.717) is 24.0 Å². The van der Waals surface area contributed by atoms with Gasteiger partial charge < -0.3 is 14.8 Å². The minimum atomic E-state index is -0.0952. The number of para-hydroxylation sites is 3. The van der Waals surface area contributed by atoms with Crippen LogP contribution in [0.4, 0.5) is 5.95 Å². The summed E-state index contributed by atoms with van der Waals surface area (Å²) in [6.07, 6.45) is -0.0952. The zero-order valence-corrected chi connectivity index (χ0v) is 13.6. The summed E-state index contributed by atoms with van der Waals surface area (Å²) in [6, 6.07) is 17.3. The number of hydrogen-bond donors (Lipinski definition) is 1. The van der Waals surface area contributed by atoms with Crippen LogP contribution in [0.5, 0.6) is 11.5 Å². The van der Waals surface area contributed by atoms with E-state index in [-0.39, 0.29) is 6.10 Å². The largest absolute Gasteiger partial charge is 0.493 e. The molecule has 0 amide bonds. The second kappa shape index (κ2) is 7.45. The molecule has 0 fully saturated rings. The summed E-state index contributed by atoms with van der Waals surface area (Å²) in [5, 5.41) is 15.0. The van der Waals surface area contributed by atoms with E-state index in [1.54, 1.807) is 11.8 Å². The van der Waals surface area contributed by atoms with Gasteiger partial charge in [-0.15, -0.1) is 0 Å². The first-order chi connectivity index (χ1) is 11.8. The molecule has 0 aliphatic heterocycles. The molecule has 124 valence electrons. The van der Waals surface area contributed by atoms with E-state index in [2.05, 4.69) is 20.8 Å². The van der Waals surface area contributed by atoms with Crippen LogP contribution in [0.1, 0.15) is 6.92 Å². The molecule has 1 heterocycles. The normalized spacial score (nSPS) is 11.8. The standard InChI is InChI=1S/C17H19N5O2/c1-13(24-16-11-7-6-10-15(16)23-2)12-18-17-19-20-21-22(17)14-8-4-3-5-9-14/h3-11,13H,12H2,1-2H3,(H,18,19,21). The summed E-state index contributed by atoms with van der Waals surface area (Å²) in [7, 11) is 1.62. The topological polar surface area (TPSA) is 74.1 Å². The van der Waals surface area contributed by atoms with Gasteiger partial charge in [-0.1, -0.05) is 35.4 Å². The van der Waals surface area contributed by atoms with Crippen LogP contribution in [-0.2, 0) is 0 Å². The maximum absolute atomic E-state index is 5.91. The Balaban J connectivity index is 1.63. The van der Waals surface area contributed by atoms with Gasteiger partial charge in [-0.2, -0.15) is 4.68 Å². The highest BCUT2D eigenvalue weighted by molar-refractivity contribution is 5.40. The lowest BCUT2D eigenvalue weighted by Crippen LogP contribution is -2.24. The fraction of sp³-hybridized carbons (Fsp3) is 0.235. The Morgan fingerprint density at radius 2 is 1.75 bits per heavy atom. The Hall–Kier alpha value is -3.09. The lowest BCUT2D eigenvalue weighted by Gasteiger charge is -2.17. The fourth-order valence-corrected chi connectivity index (χ4v) is 2.25. The molecular weight excluding hydrogens is 306 g/mol. The number of benzene rings is 2. The Kier molecular flexibility index (Phi) is 4.90. The number of rotatable bonds is 7. The summed E-state index contributed by atoms with van der Waals surface area (Å²) >= 11 is 0. The highest BCUT2D eigenvalue weighted by Gasteiger charge is 2.12. The van der Waals surface area contributed by atoms with Crippen molar-refractivity contribution in [3.8, 4) is 17.2 Å². The fourth-order valence-electron chi connectivity index (χ4n) is 2.25. The van der Waals surface area contributed by atoms with E-state index in [1.807, 2.05) is 61.5 Å². The minimum absolute atomic E-state index is 0.0952. The lowest BCUT2D eigenvalue weighted by molar-refractivity contribution is 0.223. The summed E-state index contributed by atoms with van der Waals surface area (Å²) in [5.74, 6) is 1.98. The van der Waals surface area contributed by atoms with Gasteiger partial charge in [-0.05, 0) is 41.6 Å². The summed E-state index contributed by atoms with van der Waals surface area (Å²) in [5.41, 5.74) is 0.892. The van der Waals surface area contributed by atoms with Crippen LogP contribution in [0, 0.1) is 0 Å². The number of tetrazole rings is 1. The van der Waals surface area contributed by atoms with Gasteiger partial charge in [0.15, 0.2) is 11.5 Å². The molecule has 3 aromatic rings. The van der Waals surface area contributed by atoms with Crippen LogP contribution in [-0.4, -0.2) is 40.0 Å². The van der Waals surface area contributed by atoms with Crippen molar-refractivity contribution in [3.63, 3.8) is 0 Å². The van der Waals surface area contributed by atoms with Crippen molar-refractivity contribution in [2.45, 2.75) is 13.0 Å². The number of nitrogens with zero attached hydrogens (tertiary/aromatic N) is 4. The molecule has 7 heteroatoms. The molecule has 7 nitrogen and oxygen atoms in total. The first-order valence-electron chi connectivity index (χ1n) is 7.65. The number of methoxy groups -OCH3 is 1. The number of aromatic nitrogens is 4. The molecular formula is C17H19N5O2. The number of ether oxygens (including phenoxy) is 2. The summed E-state index contributed by atoms with van der Waals surface area (Å²) < 4.78 is 12.9. The van der Waals surface area contributed by atoms with Crippen LogP contribution < -0.4 is 14.8 Å². The van der Waals surface area contributed by atoms with Crippen LogP contribution in [0.2, 0.25) is 0 Å². The first kappa shape index (κ1) is 15.8. The molecule has 24 heavy (non-hydrogen) atoms. The third-order valence-corrected chi connectivity index (χ3v) is 3.42. The zero-order valence-electron chi connectivity index (χ0n) is 13.6. The highest BCUT2D eigenvalue weighted by atomic mass is 16.5. The monoisotopic (exact) mass is 325 g/mol. The molecule has 0 radical (unpaired) electrons. The third kappa shape index (κ3) is 3.62. The zero-order chi connectivity index (χ0) is 16.8. The van der Waals surface area contributed by atoms with Crippen molar-refractivity contribution in [3.05, 3.63) is 54.6 Å². The summed E-state index contributed by atoms with van der Waals surface area (Å²) in [6.45, 7) is 2.52. The van der Waals surface area contributed by atoms with Crippen LogP contribution in [0.15, 0.2) is 54.6 Å². The Bertz CT molecular complexity index is 775. The molecule has 0 aliphatic carbocycles. The smallest absolute Gasteiger partial charge is 0.247 e. The Labute approximate surface area is 140 Å². The van der Waals surface area contributed by atoms with Crippen LogP contribution in [0.25, 0.3) is 5.69 Å². The molecule has 3 rings (SSSR count). The quantitative estimate of drug-likeness (QED) is 0.719. The first-order valence-corrected chi connectivity index (χ1v) is 7.65. The van der Waals surface area contributed by atoms with E-state index in [0.717, 1.165) is 5.69 Å². The molecule has 1 aromatic heterocycles. The van der Waals surface area contributed by atoms with Crippen molar-refractivity contribution in [1.29, 1.82) is 0 Å². The minimum Gasteiger partial charge on any atom is -0.493 e. The average molecular weight is 325 g/mol. The van der Waals surface area contributed by atoms with E-state index in [1.165, 1.54) is 0 Å². The molecule has 1 atom stereocenters. The van der Waals surface area contributed by atoms with E-state index >= 15 is 0 Å². The van der Waals surface area contributed by atoms with E-state index in [9.17, 15) is 0 Å². The number of anilines is 1. The van der Waals surface area contributed by atoms with Gasteiger partial charge in [0.1, 0.15) is 6.10 Å². The van der Waals surface area contributed by atoms with Crippen molar-refractivity contribution in [1.82, 2.24) is 20.2 Å². The average Bonchev–Trinajstić information content (AvgIpc) is 3.10. The van der Waals surface area contributed by atoms with Crippen molar-refractivity contribution in [2.24, 2.45) is 0 Å². The van der Waals surface area contributed by atoms with Crippen LogP contribution >= 0.6 is 0 Å². The summed E-state index contributed by atoms with van der Waals surface area (Å²) in [4.78, 5) is 0. The molecule has 0 saturated carbocycles. The van der Waals surface area contributed by atoms with E-state index in [4.69, 9.17) is 9.47 Å². The van der Waals surface area contributed by atoms with Crippen molar-refractivity contribution >= 4 is 5.95 Å². The van der Waals surface area contributed by atoms with Gasteiger partial charge in [0.05, 0.1) is 19.3 Å². The Morgan fingerprint density at radius 3 is 2.50 bits per heavy atom. The van der Waals surface area contributed by atoms with Gasteiger partial charge in [-0.3, -0.25) is 0 Å². The van der Waals surface area contributed by atoms with Gasteiger partial charge in [0, 0.05) is 0 Å². The van der Waals surface area contributed by atoms with E-state index < -0.39 is 0 Å². The molecule has 1 unspecified atom stereocenters. The van der Waals surface area contributed by atoms with Crippen molar-refractivity contribution < 1.29 is 9.47 Å². The lowest BCUT2D eigenvalue weighted by atomic mass is 10.3. The molecule has 1 N–H and O–H groups in total. The maximum atomic E-state index is 5.91. The van der Waals surface area contributed by atoms with Gasteiger partial charge in [0.2, 0.25) is 5.95 Å². The molecule has 0 aliphatic rings. The predicted molar refractivity (Wildman–Crippen MR) is 90.7 cm³/mol. The third-order valence-electron chi connectivity index (χ3n) is 3.42.